The summed E-state index contributed by atoms with van der Waals surface area (Å²) in [4.78, 5) is 14.7. The molecule has 3 aromatic rings. The van der Waals surface area contributed by atoms with E-state index in [-0.39, 0.29) is 0 Å². The lowest BCUT2D eigenvalue weighted by Crippen LogP contribution is -2.03. The molecule has 1 radical (unpaired) electrons. The molecule has 0 N–H and O–H groups in total. The lowest BCUT2D eigenvalue weighted by Gasteiger charge is -2.05. The van der Waals surface area contributed by atoms with Gasteiger partial charge >= 0.3 is 0 Å². The molecule has 2 heterocycles. The van der Waals surface area contributed by atoms with Gasteiger partial charge in [-0.3, -0.25) is 4.79 Å². The standard InChI is InChI=1S/C15H11N2OS/c18-10-15-16-6-7-17(15)9-12-1-3-13(4-2-12)14-5-8-19-11-14/h1-6,8,10-11H,9H2. The van der Waals surface area contributed by atoms with Gasteiger partial charge in [0.05, 0.1) is 12.4 Å². The molecule has 0 aliphatic carbocycles. The highest BCUT2D eigenvalue weighted by Crippen LogP contribution is 2.22. The quantitative estimate of drug-likeness (QED) is 0.680. The zero-order valence-corrected chi connectivity index (χ0v) is 10.9. The first-order valence-corrected chi connectivity index (χ1v) is 6.81. The summed E-state index contributed by atoms with van der Waals surface area (Å²) in [5, 5.41) is 4.20. The largest absolute Gasteiger partial charge is 0.316 e. The summed E-state index contributed by atoms with van der Waals surface area (Å²) >= 11 is 1.69. The van der Waals surface area contributed by atoms with Crippen LogP contribution in [0.25, 0.3) is 11.1 Å². The smallest absolute Gasteiger partial charge is 0.185 e. The number of carbonyl (C=O) groups excluding carboxylic acids is 1. The van der Waals surface area contributed by atoms with Gasteiger partial charge in [0.25, 0.3) is 0 Å². The fourth-order valence-electron chi connectivity index (χ4n) is 1.94. The first kappa shape index (κ1) is 11.9. The molecule has 0 bridgehead atoms. The summed E-state index contributed by atoms with van der Waals surface area (Å²) < 4.78 is 1.71. The lowest BCUT2D eigenvalue weighted by atomic mass is 10.1. The molecule has 0 aliphatic rings. The number of hydrogen-bond acceptors (Lipinski definition) is 3. The second-order valence-corrected chi connectivity index (χ2v) is 4.94. The Morgan fingerprint density at radius 2 is 2.05 bits per heavy atom. The summed E-state index contributed by atoms with van der Waals surface area (Å²) in [6.07, 6.45) is 5.19. The van der Waals surface area contributed by atoms with E-state index in [2.05, 4.69) is 52.3 Å². The number of aldehydes is 1. The van der Waals surface area contributed by atoms with Gasteiger partial charge in [-0.05, 0) is 33.5 Å². The van der Waals surface area contributed by atoms with E-state index < -0.39 is 0 Å². The Morgan fingerprint density at radius 1 is 1.21 bits per heavy atom. The molecule has 0 unspecified atom stereocenters. The van der Waals surface area contributed by atoms with E-state index in [0.717, 1.165) is 11.8 Å². The lowest BCUT2D eigenvalue weighted by molar-refractivity contribution is 0.111. The Balaban J connectivity index is 1.82. The minimum atomic E-state index is 0.405. The molecule has 3 nitrogen and oxygen atoms in total. The van der Waals surface area contributed by atoms with Crippen LogP contribution in [-0.2, 0) is 6.54 Å². The maximum atomic E-state index is 10.8. The molecule has 2 aromatic heterocycles. The van der Waals surface area contributed by atoms with Gasteiger partial charge in [0.2, 0.25) is 0 Å². The van der Waals surface area contributed by atoms with Crippen LogP contribution in [0, 0.1) is 6.20 Å². The van der Waals surface area contributed by atoms with Crippen LogP contribution in [0.15, 0.2) is 47.3 Å². The maximum Gasteiger partial charge on any atom is 0.185 e. The van der Waals surface area contributed by atoms with E-state index >= 15 is 0 Å². The number of thiophene rings is 1. The van der Waals surface area contributed by atoms with Crippen molar-refractivity contribution in [3.8, 4) is 11.1 Å². The number of hydrogen-bond donors (Lipinski definition) is 0. The van der Waals surface area contributed by atoms with Crippen LogP contribution >= 0.6 is 11.3 Å². The zero-order valence-electron chi connectivity index (χ0n) is 10.1. The number of benzene rings is 1. The third kappa shape index (κ3) is 2.48. The van der Waals surface area contributed by atoms with Crippen molar-refractivity contribution in [3.05, 3.63) is 64.9 Å². The van der Waals surface area contributed by atoms with Crippen LogP contribution in [0.1, 0.15) is 16.2 Å². The molecule has 0 saturated carbocycles. The maximum absolute atomic E-state index is 10.8. The average molecular weight is 267 g/mol. The number of rotatable bonds is 4. The highest BCUT2D eigenvalue weighted by atomic mass is 32.1. The molecule has 0 fully saturated rings. The predicted molar refractivity (Wildman–Crippen MR) is 75.3 cm³/mol. The molecule has 93 valence electrons. The summed E-state index contributed by atoms with van der Waals surface area (Å²) in [6, 6.07) is 10.4. The van der Waals surface area contributed by atoms with Crippen molar-refractivity contribution in [1.29, 1.82) is 0 Å². The molecule has 0 aliphatic heterocycles. The van der Waals surface area contributed by atoms with Gasteiger partial charge < -0.3 is 4.57 Å². The summed E-state index contributed by atoms with van der Waals surface area (Å²) in [6.45, 7) is 0.609. The second kappa shape index (κ2) is 5.20. The molecule has 19 heavy (non-hydrogen) atoms. The topological polar surface area (TPSA) is 34.9 Å². The van der Waals surface area contributed by atoms with E-state index in [1.807, 2.05) is 0 Å². The monoisotopic (exact) mass is 267 g/mol. The Kier molecular flexibility index (Phi) is 3.25. The van der Waals surface area contributed by atoms with Gasteiger partial charge in [0.15, 0.2) is 12.1 Å². The second-order valence-electron chi connectivity index (χ2n) is 4.16. The van der Waals surface area contributed by atoms with Crippen molar-refractivity contribution in [2.45, 2.75) is 6.54 Å². The number of carbonyl (C=O) groups is 1. The van der Waals surface area contributed by atoms with Crippen LogP contribution in [0.4, 0.5) is 0 Å². The van der Waals surface area contributed by atoms with Gasteiger partial charge in [-0.1, -0.05) is 24.3 Å². The van der Waals surface area contributed by atoms with Gasteiger partial charge in [-0.2, -0.15) is 11.3 Å². The Hall–Kier alpha value is -2.20. The number of nitrogens with zero attached hydrogens (tertiary/aromatic N) is 2. The van der Waals surface area contributed by atoms with E-state index in [0.29, 0.717) is 12.4 Å². The highest BCUT2D eigenvalue weighted by Gasteiger charge is 2.03. The average Bonchev–Trinajstić information content (AvgIpc) is 3.10. The third-order valence-corrected chi connectivity index (χ3v) is 3.62. The minimum absolute atomic E-state index is 0.405. The summed E-state index contributed by atoms with van der Waals surface area (Å²) in [5.41, 5.74) is 3.56. The molecule has 4 heteroatoms. The van der Waals surface area contributed by atoms with Crippen LogP contribution in [0.3, 0.4) is 0 Å². The summed E-state index contributed by atoms with van der Waals surface area (Å²) in [5.74, 6) is 0.405. The first-order valence-electron chi connectivity index (χ1n) is 5.87. The number of imidazole rings is 1. The van der Waals surface area contributed by atoms with E-state index in [1.54, 1.807) is 15.9 Å². The fourth-order valence-corrected chi connectivity index (χ4v) is 2.60. The molecule has 0 atom stereocenters. The fraction of sp³-hybridized carbons (Fsp3) is 0.0667. The number of aromatic nitrogens is 2. The van der Waals surface area contributed by atoms with Crippen molar-refractivity contribution in [2.24, 2.45) is 0 Å². The van der Waals surface area contributed by atoms with Gasteiger partial charge in [-0.25, -0.2) is 4.98 Å². The van der Waals surface area contributed by atoms with Crippen LogP contribution in [-0.4, -0.2) is 15.8 Å². The van der Waals surface area contributed by atoms with Crippen molar-refractivity contribution < 1.29 is 4.79 Å². The third-order valence-electron chi connectivity index (χ3n) is 2.94. The van der Waals surface area contributed by atoms with Crippen molar-refractivity contribution in [3.63, 3.8) is 0 Å². The molecule has 0 saturated heterocycles. The van der Waals surface area contributed by atoms with Crippen molar-refractivity contribution in [2.75, 3.05) is 0 Å². The van der Waals surface area contributed by atoms with Crippen molar-refractivity contribution >= 4 is 17.6 Å². The molecule has 0 amide bonds. The first-order chi connectivity index (χ1) is 9.36. The van der Waals surface area contributed by atoms with Gasteiger partial charge in [0.1, 0.15) is 0 Å². The van der Waals surface area contributed by atoms with E-state index in [4.69, 9.17) is 0 Å². The Bertz CT molecular complexity index is 669. The van der Waals surface area contributed by atoms with Crippen LogP contribution in [0.5, 0.6) is 0 Å². The highest BCUT2D eigenvalue weighted by molar-refractivity contribution is 7.08. The molecular weight excluding hydrogens is 256 g/mol. The minimum Gasteiger partial charge on any atom is -0.316 e. The van der Waals surface area contributed by atoms with Gasteiger partial charge in [0, 0.05) is 6.54 Å². The molecular formula is C15H11N2OS. The predicted octanol–water partition coefficient (Wildman–Crippen LogP) is 3.27. The Morgan fingerprint density at radius 3 is 2.74 bits per heavy atom. The van der Waals surface area contributed by atoms with E-state index in [9.17, 15) is 4.79 Å². The van der Waals surface area contributed by atoms with E-state index in [1.165, 1.54) is 17.3 Å². The van der Waals surface area contributed by atoms with Gasteiger partial charge in [-0.15, -0.1) is 0 Å². The zero-order chi connectivity index (χ0) is 13.1. The van der Waals surface area contributed by atoms with Crippen LogP contribution < -0.4 is 0 Å². The van der Waals surface area contributed by atoms with Crippen molar-refractivity contribution in [1.82, 2.24) is 9.55 Å². The SMILES string of the molecule is O=Cc1nc[c]n1Cc1ccc(-c2ccsc2)cc1. The molecule has 1 aromatic carbocycles. The molecule has 3 rings (SSSR count). The summed E-state index contributed by atoms with van der Waals surface area (Å²) in [7, 11) is 0. The normalized spacial score (nSPS) is 10.5. The molecule has 0 spiro atoms. The van der Waals surface area contributed by atoms with Crippen LogP contribution in [0.2, 0.25) is 0 Å². The Labute approximate surface area is 115 Å².